The van der Waals surface area contributed by atoms with Crippen molar-refractivity contribution >= 4 is 11.6 Å². The van der Waals surface area contributed by atoms with E-state index in [1.165, 1.54) is 11.0 Å². The number of benzene rings is 2. The summed E-state index contributed by atoms with van der Waals surface area (Å²) in [6.45, 7) is 2.25. The first-order chi connectivity index (χ1) is 18.5. The van der Waals surface area contributed by atoms with E-state index in [4.69, 9.17) is 5.73 Å². The minimum Gasteiger partial charge on any atom is -0.328 e. The average molecular weight is 539 g/mol. The van der Waals surface area contributed by atoms with E-state index in [1.807, 2.05) is 29.8 Å². The summed E-state index contributed by atoms with van der Waals surface area (Å²) in [6, 6.07) is 10.5. The van der Waals surface area contributed by atoms with Gasteiger partial charge in [-0.3, -0.25) is 4.79 Å². The number of hydrogen-bond acceptors (Lipinski definition) is 5. The minimum atomic E-state index is -4.56. The first kappa shape index (κ1) is 26.0. The number of hydrogen-bond donors (Lipinski definition) is 2. The molecule has 2 fully saturated rings. The molecule has 2 heterocycles. The third kappa shape index (κ3) is 4.74. The number of aromatic nitrogens is 3. The fraction of sp³-hybridized carbons (Fsp3) is 0.483. The SMILES string of the molecule is Cn1cnnc1[C@@H](c1cccc(N2Cc3c(cc(CNC4(C)CCC4)cc3C(F)(F)F)C2=O)c1)[C@H]1C[C@H](N)C1. The van der Waals surface area contributed by atoms with Crippen LogP contribution in [0.5, 0.6) is 0 Å². The molecule has 10 heteroatoms. The highest BCUT2D eigenvalue weighted by Crippen LogP contribution is 2.44. The first-order valence-corrected chi connectivity index (χ1v) is 13.5. The number of rotatable bonds is 7. The molecule has 1 aliphatic heterocycles. The van der Waals surface area contributed by atoms with Crippen LogP contribution in [0.15, 0.2) is 42.7 Å². The van der Waals surface area contributed by atoms with Crippen molar-refractivity contribution in [1.29, 1.82) is 0 Å². The molecular weight excluding hydrogens is 505 g/mol. The monoisotopic (exact) mass is 538 g/mol. The van der Waals surface area contributed by atoms with Gasteiger partial charge in [0.05, 0.1) is 12.1 Å². The largest absolute Gasteiger partial charge is 0.416 e. The van der Waals surface area contributed by atoms with Crippen LogP contribution in [0.4, 0.5) is 18.9 Å². The van der Waals surface area contributed by atoms with Crippen LogP contribution in [0.3, 0.4) is 0 Å². The maximum Gasteiger partial charge on any atom is 0.416 e. The number of halogens is 3. The van der Waals surface area contributed by atoms with Crippen LogP contribution in [0.2, 0.25) is 0 Å². The molecule has 2 saturated carbocycles. The fourth-order valence-electron chi connectivity index (χ4n) is 6.30. The predicted octanol–water partition coefficient (Wildman–Crippen LogP) is 4.90. The molecule has 3 aliphatic rings. The Bertz CT molecular complexity index is 1410. The van der Waals surface area contributed by atoms with Crippen molar-refractivity contribution in [3.8, 4) is 0 Å². The van der Waals surface area contributed by atoms with E-state index in [0.29, 0.717) is 17.8 Å². The summed E-state index contributed by atoms with van der Waals surface area (Å²) >= 11 is 0. The van der Waals surface area contributed by atoms with Gasteiger partial charge < -0.3 is 20.5 Å². The van der Waals surface area contributed by atoms with E-state index in [0.717, 1.165) is 43.5 Å². The molecule has 2 aromatic carbocycles. The molecule has 6 rings (SSSR count). The standard InChI is InChI=1S/C29H33F3N6O/c1-28(7-4-8-28)34-14-17-9-22-23(24(10-17)29(30,31)32)15-38(27(22)39)21-6-3-5-18(13-21)25(19-11-20(33)12-19)26-36-35-16-37(26)2/h3,5-6,9-10,13,16,19-20,25,34H,4,7-8,11-12,14-15,33H2,1-2H3/t19-,20-,25-/m0/s1. The quantitative estimate of drug-likeness (QED) is 0.447. The topological polar surface area (TPSA) is 89.1 Å². The zero-order valence-corrected chi connectivity index (χ0v) is 22.1. The molecule has 39 heavy (non-hydrogen) atoms. The van der Waals surface area contributed by atoms with Gasteiger partial charge in [0.2, 0.25) is 0 Å². The Morgan fingerprint density at radius 1 is 1.21 bits per heavy atom. The van der Waals surface area contributed by atoms with E-state index in [9.17, 15) is 18.0 Å². The summed E-state index contributed by atoms with van der Waals surface area (Å²) in [5.41, 5.74) is 7.45. The van der Waals surface area contributed by atoms with E-state index in [2.05, 4.69) is 22.4 Å². The van der Waals surface area contributed by atoms with E-state index in [-0.39, 0.29) is 41.1 Å². The summed E-state index contributed by atoms with van der Waals surface area (Å²) < 4.78 is 44.4. The predicted molar refractivity (Wildman–Crippen MR) is 141 cm³/mol. The van der Waals surface area contributed by atoms with Crippen molar-refractivity contribution in [3.05, 3.63) is 76.4 Å². The van der Waals surface area contributed by atoms with Crippen molar-refractivity contribution in [2.24, 2.45) is 18.7 Å². The number of nitrogens with zero attached hydrogens (tertiary/aromatic N) is 4. The molecule has 0 bridgehead atoms. The van der Waals surface area contributed by atoms with Gasteiger partial charge in [0.15, 0.2) is 0 Å². The van der Waals surface area contributed by atoms with E-state index in [1.54, 1.807) is 18.5 Å². The number of carbonyl (C=O) groups excluding carboxylic acids is 1. The second-order valence-electron chi connectivity index (χ2n) is 11.7. The number of fused-ring (bicyclic) bond motifs is 1. The highest BCUT2D eigenvalue weighted by atomic mass is 19.4. The van der Waals surface area contributed by atoms with Crippen molar-refractivity contribution in [2.45, 2.75) is 75.8 Å². The highest BCUT2D eigenvalue weighted by molar-refractivity contribution is 6.10. The summed E-state index contributed by atoms with van der Waals surface area (Å²) in [5, 5.41) is 11.8. The molecular formula is C29H33F3N6O. The van der Waals surface area contributed by atoms with Crippen molar-refractivity contribution in [1.82, 2.24) is 20.1 Å². The summed E-state index contributed by atoms with van der Waals surface area (Å²) in [6.07, 6.45) is 1.89. The van der Waals surface area contributed by atoms with Gasteiger partial charge >= 0.3 is 6.18 Å². The molecule has 0 saturated heterocycles. The van der Waals surface area contributed by atoms with Crippen LogP contribution in [0, 0.1) is 5.92 Å². The van der Waals surface area contributed by atoms with Gasteiger partial charge in [-0.2, -0.15) is 13.2 Å². The Morgan fingerprint density at radius 2 is 1.97 bits per heavy atom. The summed E-state index contributed by atoms with van der Waals surface area (Å²) in [7, 11) is 1.89. The number of alkyl halides is 3. The Morgan fingerprint density at radius 3 is 2.59 bits per heavy atom. The third-order valence-electron chi connectivity index (χ3n) is 8.83. The molecule has 0 spiro atoms. The Balaban J connectivity index is 1.33. The van der Waals surface area contributed by atoms with Crippen LogP contribution in [-0.2, 0) is 26.3 Å². The lowest BCUT2D eigenvalue weighted by atomic mass is 9.70. The molecule has 1 amide bonds. The van der Waals surface area contributed by atoms with Crippen LogP contribution < -0.4 is 16.0 Å². The van der Waals surface area contributed by atoms with Crippen LogP contribution in [0.25, 0.3) is 0 Å². The van der Waals surface area contributed by atoms with Crippen molar-refractivity contribution in [2.75, 3.05) is 4.90 Å². The molecule has 2 aliphatic carbocycles. The Hall–Kier alpha value is -3.24. The van der Waals surface area contributed by atoms with Gasteiger partial charge in [0, 0.05) is 42.3 Å². The van der Waals surface area contributed by atoms with Gasteiger partial charge in [-0.25, -0.2) is 0 Å². The number of anilines is 1. The Kier molecular flexibility index (Phi) is 6.30. The zero-order chi connectivity index (χ0) is 27.5. The lowest BCUT2D eigenvalue weighted by Crippen LogP contribution is -2.47. The van der Waals surface area contributed by atoms with Crippen molar-refractivity contribution in [3.63, 3.8) is 0 Å². The van der Waals surface area contributed by atoms with Crippen LogP contribution in [0.1, 0.15) is 83.4 Å². The number of carbonyl (C=O) groups is 1. The Labute approximate surface area is 225 Å². The van der Waals surface area contributed by atoms with Gasteiger partial charge in [-0.1, -0.05) is 12.1 Å². The molecule has 0 unspecified atom stereocenters. The normalized spacial score (nSPS) is 22.8. The third-order valence-corrected chi connectivity index (χ3v) is 8.83. The van der Waals surface area contributed by atoms with Crippen LogP contribution >= 0.6 is 0 Å². The van der Waals surface area contributed by atoms with Gasteiger partial charge in [-0.05, 0) is 85.9 Å². The molecule has 1 atom stereocenters. The molecule has 3 N–H and O–H groups in total. The number of amides is 1. The summed E-state index contributed by atoms with van der Waals surface area (Å²) in [5.74, 6) is 0.588. The first-order valence-electron chi connectivity index (χ1n) is 13.5. The lowest BCUT2D eigenvalue weighted by molar-refractivity contribution is -0.138. The maximum atomic E-state index is 14.2. The number of nitrogens with two attached hydrogens (primary N) is 1. The summed E-state index contributed by atoms with van der Waals surface area (Å²) in [4.78, 5) is 15.1. The molecule has 206 valence electrons. The van der Waals surface area contributed by atoms with Gasteiger partial charge in [0.1, 0.15) is 12.2 Å². The number of nitrogens with one attached hydrogen (secondary N) is 1. The maximum absolute atomic E-state index is 14.2. The van der Waals surface area contributed by atoms with Crippen molar-refractivity contribution < 1.29 is 18.0 Å². The molecule has 3 aromatic rings. The highest BCUT2D eigenvalue weighted by Gasteiger charge is 2.42. The molecule has 7 nitrogen and oxygen atoms in total. The van der Waals surface area contributed by atoms with Gasteiger partial charge in [0.25, 0.3) is 5.91 Å². The molecule has 1 aromatic heterocycles. The second kappa shape index (κ2) is 9.45. The minimum absolute atomic E-state index is 0.0336. The van der Waals surface area contributed by atoms with E-state index < -0.39 is 17.6 Å². The lowest BCUT2D eigenvalue weighted by Gasteiger charge is -2.39. The van der Waals surface area contributed by atoms with Crippen LogP contribution in [-0.4, -0.2) is 32.3 Å². The fourth-order valence-corrected chi connectivity index (χ4v) is 6.30. The van der Waals surface area contributed by atoms with E-state index >= 15 is 0 Å². The van der Waals surface area contributed by atoms with Gasteiger partial charge in [-0.15, -0.1) is 10.2 Å². The molecule has 0 radical (unpaired) electrons. The second-order valence-corrected chi connectivity index (χ2v) is 11.7. The number of aryl methyl sites for hydroxylation is 1. The average Bonchev–Trinajstić information content (AvgIpc) is 3.43. The smallest absolute Gasteiger partial charge is 0.328 e. The zero-order valence-electron chi connectivity index (χ0n) is 22.1.